The summed E-state index contributed by atoms with van der Waals surface area (Å²) < 4.78 is 16.9. The van der Waals surface area contributed by atoms with E-state index in [1.54, 1.807) is 0 Å². The van der Waals surface area contributed by atoms with Gasteiger partial charge in [0.05, 0.1) is 0 Å². The number of carbonyl (C=O) groups is 3. The number of hydrogen-bond donors (Lipinski definition) is 0. The highest BCUT2D eigenvalue weighted by molar-refractivity contribution is 5.71. The zero-order chi connectivity index (χ0) is 52.9. The summed E-state index contributed by atoms with van der Waals surface area (Å²) in [7, 11) is 0. The van der Waals surface area contributed by atoms with Crippen LogP contribution in [0.1, 0.15) is 303 Å². The van der Waals surface area contributed by atoms with Crippen molar-refractivity contribution in [1.82, 2.24) is 0 Å². The van der Waals surface area contributed by atoms with Crippen LogP contribution < -0.4 is 0 Å². The maximum absolute atomic E-state index is 12.9. The lowest BCUT2D eigenvalue weighted by atomic mass is 10.0. The summed E-state index contributed by atoms with van der Waals surface area (Å²) >= 11 is 0. The van der Waals surface area contributed by atoms with Gasteiger partial charge in [-0.15, -0.1) is 0 Å². The molecule has 0 aliphatic heterocycles. The van der Waals surface area contributed by atoms with Gasteiger partial charge < -0.3 is 14.2 Å². The SMILES string of the molecule is CC/C=C\C/C=C\C/C=C\C/C=C\C/C=C\CCCC(=O)OC(COC(=O)CCCCCCCCCCCCC/C=C\C/C=C\CCCCCCC)COC(=O)CCCCCCCCCCCCCCCCC. The van der Waals surface area contributed by atoms with E-state index >= 15 is 0 Å². The summed E-state index contributed by atoms with van der Waals surface area (Å²) in [6, 6.07) is 0. The largest absolute Gasteiger partial charge is 0.462 e. The molecular formula is C67H116O6. The predicted octanol–water partition coefficient (Wildman–Crippen LogP) is 21.1. The Hall–Kier alpha value is -3.41. The fourth-order valence-corrected chi connectivity index (χ4v) is 8.75. The third-order valence-electron chi connectivity index (χ3n) is 13.4. The second kappa shape index (κ2) is 61.1. The molecule has 0 saturated carbocycles. The summed E-state index contributed by atoms with van der Waals surface area (Å²) in [4.78, 5) is 38.2. The van der Waals surface area contributed by atoms with Crippen molar-refractivity contribution >= 4 is 17.9 Å². The summed E-state index contributed by atoms with van der Waals surface area (Å²) in [6.45, 7) is 6.50. The van der Waals surface area contributed by atoms with Gasteiger partial charge in [0.1, 0.15) is 13.2 Å². The van der Waals surface area contributed by atoms with Crippen LogP contribution in [0.2, 0.25) is 0 Å². The van der Waals surface area contributed by atoms with Crippen molar-refractivity contribution in [3.8, 4) is 0 Å². The van der Waals surface area contributed by atoms with Crippen LogP contribution >= 0.6 is 0 Å². The van der Waals surface area contributed by atoms with Gasteiger partial charge in [-0.25, -0.2) is 0 Å². The zero-order valence-corrected chi connectivity index (χ0v) is 48.1. The molecule has 0 aliphatic carbocycles. The number of unbranched alkanes of at least 4 members (excludes halogenated alkanes) is 31. The molecule has 0 rings (SSSR count). The number of allylic oxidation sites excluding steroid dienone is 14. The molecule has 0 heterocycles. The number of hydrogen-bond acceptors (Lipinski definition) is 6. The fourth-order valence-electron chi connectivity index (χ4n) is 8.75. The van der Waals surface area contributed by atoms with Crippen LogP contribution in [0.4, 0.5) is 0 Å². The van der Waals surface area contributed by atoms with Gasteiger partial charge in [-0.2, -0.15) is 0 Å². The van der Waals surface area contributed by atoms with Gasteiger partial charge in [-0.05, 0) is 89.9 Å². The Morgan fingerprint density at radius 3 is 0.877 bits per heavy atom. The zero-order valence-electron chi connectivity index (χ0n) is 48.1. The van der Waals surface area contributed by atoms with E-state index in [1.165, 1.54) is 173 Å². The first-order chi connectivity index (χ1) is 36.0. The van der Waals surface area contributed by atoms with E-state index in [4.69, 9.17) is 14.2 Å². The first-order valence-corrected chi connectivity index (χ1v) is 31.1. The quantitative estimate of drug-likeness (QED) is 0.0261. The minimum absolute atomic E-state index is 0.0971. The molecule has 0 aromatic carbocycles. The monoisotopic (exact) mass is 1020 g/mol. The lowest BCUT2D eigenvalue weighted by Gasteiger charge is -2.18. The molecule has 0 aromatic rings. The highest BCUT2D eigenvalue weighted by atomic mass is 16.6. The Morgan fingerprint density at radius 2 is 0.548 bits per heavy atom. The Bertz CT molecular complexity index is 1400. The third-order valence-corrected chi connectivity index (χ3v) is 13.4. The van der Waals surface area contributed by atoms with E-state index in [0.717, 1.165) is 83.5 Å². The van der Waals surface area contributed by atoms with E-state index in [1.807, 2.05) is 0 Å². The van der Waals surface area contributed by atoms with Crippen molar-refractivity contribution in [3.05, 3.63) is 85.1 Å². The molecule has 0 fully saturated rings. The first-order valence-electron chi connectivity index (χ1n) is 31.1. The Kier molecular flexibility index (Phi) is 58.3. The van der Waals surface area contributed by atoms with Crippen LogP contribution in [0.15, 0.2) is 85.1 Å². The van der Waals surface area contributed by atoms with Gasteiger partial charge in [0.25, 0.3) is 0 Å². The Balaban J connectivity index is 4.40. The minimum Gasteiger partial charge on any atom is -0.462 e. The lowest BCUT2D eigenvalue weighted by molar-refractivity contribution is -0.167. The molecule has 0 spiro atoms. The summed E-state index contributed by atoms with van der Waals surface area (Å²) in [5, 5.41) is 0. The summed E-state index contributed by atoms with van der Waals surface area (Å²) in [5.74, 6) is -0.946. The molecule has 6 heteroatoms. The van der Waals surface area contributed by atoms with Crippen LogP contribution in [0.5, 0.6) is 0 Å². The third kappa shape index (κ3) is 59.3. The molecule has 0 radical (unpaired) electrons. The van der Waals surface area contributed by atoms with Crippen LogP contribution in [-0.4, -0.2) is 37.2 Å². The van der Waals surface area contributed by atoms with Crippen molar-refractivity contribution < 1.29 is 28.6 Å². The van der Waals surface area contributed by atoms with Crippen LogP contribution in [-0.2, 0) is 28.6 Å². The average Bonchev–Trinajstić information content (AvgIpc) is 3.39. The Labute approximate surface area is 452 Å². The molecule has 0 amide bonds. The van der Waals surface area contributed by atoms with Crippen molar-refractivity contribution in [3.63, 3.8) is 0 Å². The molecule has 420 valence electrons. The van der Waals surface area contributed by atoms with Gasteiger partial charge in [-0.3, -0.25) is 14.4 Å². The molecular weight excluding hydrogens is 901 g/mol. The molecule has 1 atom stereocenters. The number of carbonyl (C=O) groups excluding carboxylic acids is 3. The molecule has 0 aliphatic rings. The van der Waals surface area contributed by atoms with Gasteiger partial charge in [0.15, 0.2) is 6.10 Å². The second-order valence-corrected chi connectivity index (χ2v) is 20.6. The van der Waals surface area contributed by atoms with E-state index in [9.17, 15) is 14.4 Å². The highest BCUT2D eigenvalue weighted by Gasteiger charge is 2.19. The maximum Gasteiger partial charge on any atom is 0.306 e. The lowest BCUT2D eigenvalue weighted by Crippen LogP contribution is -2.30. The molecule has 0 aromatic heterocycles. The number of esters is 3. The summed E-state index contributed by atoms with van der Waals surface area (Å²) in [6.07, 6.45) is 80.2. The predicted molar refractivity (Wildman–Crippen MR) is 316 cm³/mol. The van der Waals surface area contributed by atoms with Crippen molar-refractivity contribution in [1.29, 1.82) is 0 Å². The number of rotatable bonds is 56. The second-order valence-electron chi connectivity index (χ2n) is 20.6. The van der Waals surface area contributed by atoms with Crippen LogP contribution in [0.25, 0.3) is 0 Å². The fraction of sp³-hybridized carbons (Fsp3) is 0.746. The van der Waals surface area contributed by atoms with Crippen LogP contribution in [0, 0.1) is 0 Å². The molecule has 0 bridgehead atoms. The molecule has 73 heavy (non-hydrogen) atoms. The smallest absolute Gasteiger partial charge is 0.306 e. The number of ether oxygens (including phenoxy) is 3. The molecule has 6 nitrogen and oxygen atoms in total. The first kappa shape index (κ1) is 69.6. The van der Waals surface area contributed by atoms with E-state index in [-0.39, 0.29) is 37.5 Å². The molecule has 0 N–H and O–H groups in total. The van der Waals surface area contributed by atoms with E-state index in [0.29, 0.717) is 19.3 Å². The standard InChI is InChI=1S/C67H116O6/c1-4-7-10-13-16-19-22-25-28-30-31-32-33-34-35-37-39-42-45-48-51-54-57-60-66(69)72-63-64(62-71-65(68)59-56-53-50-47-44-41-38-27-24-21-18-15-12-9-6-3)73-67(70)61-58-55-52-49-46-43-40-36-29-26-23-20-17-14-11-8-5-2/h8,11,17,20,22,25-26,29-31,40,43,49,52,64H,4-7,9-10,12-16,18-19,21,23-24,27-28,32-39,41-42,44-48,50-51,53-63H2,1-3H3/b11-8-,20-17-,25-22-,29-26-,31-30-,43-40-,52-49-. The van der Waals surface area contributed by atoms with Gasteiger partial charge in [0.2, 0.25) is 0 Å². The van der Waals surface area contributed by atoms with Gasteiger partial charge in [0, 0.05) is 19.3 Å². The van der Waals surface area contributed by atoms with Crippen molar-refractivity contribution in [2.75, 3.05) is 13.2 Å². The Morgan fingerprint density at radius 1 is 0.288 bits per heavy atom. The minimum atomic E-state index is -0.806. The average molecular weight is 1020 g/mol. The molecule has 0 saturated heterocycles. The molecule has 1 unspecified atom stereocenters. The van der Waals surface area contributed by atoms with Crippen molar-refractivity contribution in [2.45, 2.75) is 309 Å². The van der Waals surface area contributed by atoms with E-state index in [2.05, 4.69) is 106 Å². The van der Waals surface area contributed by atoms with Crippen LogP contribution in [0.3, 0.4) is 0 Å². The highest BCUT2D eigenvalue weighted by Crippen LogP contribution is 2.16. The van der Waals surface area contributed by atoms with Gasteiger partial charge in [-0.1, -0.05) is 279 Å². The van der Waals surface area contributed by atoms with Crippen molar-refractivity contribution in [2.24, 2.45) is 0 Å². The van der Waals surface area contributed by atoms with E-state index < -0.39 is 6.10 Å². The topological polar surface area (TPSA) is 78.9 Å². The maximum atomic E-state index is 12.9. The normalized spacial score (nSPS) is 12.6. The van der Waals surface area contributed by atoms with Gasteiger partial charge >= 0.3 is 17.9 Å². The summed E-state index contributed by atoms with van der Waals surface area (Å²) in [5.41, 5.74) is 0.